The van der Waals surface area contributed by atoms with E-state index in [-0.39, 0.29) is 12.5 Å². The number of allylic oxidation sites excluding steroid dienone is 1. The number of amides is 1. The van der Waals surface area contributed by atoms with Gasteiger partial charge in [0.15, 0.2) is 0 Å². The molecule has 0 aromatic carbocycles. The van der Waals surface area contributed by atoms with Gasteiger partial charge in [-0.1, -0.05) is 78.4 Å². The van der Waals surface area contributed by atoms with Crippen LogP contribution in [0.2, 0.25) is 0 Å². The Morgan fingerprint density at radius 1 is 1.00 bits per heavy atom. The number of thioether (sulfide) groups is 1. The average Bonchev–Trinajstić information content (AvgIpc) is 3.42. The Balaban J connectivity index is 1.02. The minimum Gasteiger partial charge on any atom is -0.394 e. The zero-order chi connectivity index (χ0) is 35.3. The highest BCUT2D eigenvalue weighted by molar-refractivity contribution is 7.99. The van der Waals surface area contributed by atoms with E-state index in [0.717, 1.165) is 80.0 Å². The van der Waals surface area contributed by atoms with Crippen LogP contribution in [0.4, 0.5) is 0 Å². The number of hydrogen-bond acceptors (Lipinski definition) is 7. The van der Waals surface area contributed by atoms with Crippen LogP contribution in [-0.4, -0.2) is 76.1 Å². The van der Waals surface area contributed by atoms with Crippen molar-refractivity contribution in [3.05, 3.63) is 11.6 Å². The van der Waals surface area contributed by atoms with Gasteiger partial charge in [0.1, 0.15) is 23.7 Å². The molecule has 0 aromatic heterocycles. The molecule has 0 unspecified atom stereocenters. The number of aliphatic hydroxyl groups is 3. The maximum Gasteiger partial charge on any atom is 0.217 e. The molecule has 49 heavy (non-hydrogen) atoms. The Bertz CT molecular complexity index is 1100. The number of hydrogen-bond donors (Lipinski definition) is 4. The molecule has 0 radical (unpaired) electrons. The number of nitrogens with one attached hydrogen (secondary N) is 1. The lowest BCUT2D eigenvalue weighted by atomic mass is 9.47. The van der Waals surface area contributed by atoms with Gasteiger partial charge in [-0.3, -0.25) is 4.79 Å². The predicted octanol–water partition coefficient (Wildman–Crippen LogP) is 7.65. The third kappa shape index (κ3) is 8.95. The maximum absolute atomic E-state index is 11.7. The first-order valence-corrected chi connectivity index (χ1v) is 21.3. The fourth-order valence-electron chi connectivity index (χ4n) is 11.4. The molecule has 8 heteroatoms. The molecule has 13 atom stereocenters. The first kappa shape index (κ1) is 39.6. The van der Waals surface area contributed by atoms with Gasteiger partial charge in [-0.25, -0.2) is 0 Å². The Labute approximate surface area is 302 Å². The van der Waals surface area contributed by atoms with Gasteiger partial charge in [0.25, 0.3) is 0 Å². The van der Waals surface area contributed by atoms with E-state index in [2.05, 4.69) is 46.0 Å². The molecule has 3 saturated carbocycles. The molecule has 4 fully saturated rings. The summed E-state index contributed by atoms with van der Waals surface area (Å²) in [6.45, 7) is 14.5. The zero-order valence-electron chi connectivity index (χ0n) is 31.7. The van der Waals surface area contributed by atoms with E-state index in [1.54, 1.807) is 5.57 Å². The smallest absolute Gasteiger partial charge is 0.217 e. The normalized spacial score (nSPS) is 41.1. The van der Waals surface area contributed by atoms with E-state index in [1.807, 2.05) is 0 Å². The summed E-state index contributed by atoms with van der Waals surface area (Å²) >= 11 is 1.53. The highest BCUT2D eigenvalue weighted by atomic mass is 32.2. The summed E-state index contributed by atoms with van der Waals surface area (Å²) in [5.74, 6) is 5.80. The van der Waals surface area contributed by atoms with Crippen molar-refractivity contribution in [1.82, 2.24) is 5.32 Å². The van der Waals surface area contributed by atoms with Gasteiger partial charge in [-0.2, -0.15) is 0 Å². The van der Waals surface area contributed by atoms with Gasteiger partial charge in [-0.15, -0.1) is 11.8 Å². The van der Waals surface area contributed by atoms with Crippen molar-refractivity contribution in [2.45, 2.75) is 174 Å². The second-order valence-electron chi connectivity index (χ2n) is 17.7. The molecule has 7 nitrogen and oxygen atoms in total. The van der Waals surface area contributed by atoms with Crippen LogP contribution in [-0.2, 0) is 14.3 Å². The fraction of sp³-hybridized carbons (Fsp3) is 0.927. The number of fused-ring (bicyclic) bond motifs is 5. The second kappa shape index (κ2) is 17.5. The molecule has 5 aliphatic rings. The standard InChI is InChI=1S/C41H71NO6S/c1-26(2)12-11-13-27(3)32-16-17-33-31-15-14-29-24-30(18-20-40(29,5)34(31)19-21-41(32,33)6)47-22-9-7-8-10-23-49-39-36(42-28(4)44)38(46)37(45)35(25-43)48-39/h14,26-27,30-39,43,45-46H,7-13,15-25H2,1-6H3,(H,42,44)/t27-,30+,31+,32-,33+,34+,35-,36-,37-,38-,39+,40+,41-/m1/s1. The Kier molecular flexibility index (Phi) is 14.1. The van der Waals surface area contributed by atoms with Gasteiger partial charge in [0.05, 0.1) is 18.8 Å². The summed E-state index contributed by atoms with van der Waals surface area (Å²) in [5, 5.41) is 33.0. The van der Waals surface area contributed by atoms with E-state index >= 15 is 0 Å². The first-order chi connectivity index (χ1) is 23.4. The van der Waals surface area contributed by atoms with Crippen molar-refractivity contribution in [3.8, 4) is 0 Å². The lowest BCUT2D eigenvalue weighted by Gasteiger charge is -2.58. The molecular formula is C41H71NO6S. The van der Waals surface area contributed by atoms with Gasteiger partial charge in [0, 0.05) is 13.5 Å². The first-order valence-electron chi connectivity index (χ1n) is 20.2. The van der Waals surface area contributed by atoms with Crippen LogP contribution >= 0.6 is 11.8 Å². The second-order valence-corrected chi connectivity index (χ2v) is 18.9. The largest absolute Gasteiger partial charge is 0.394 e. The van der Waals surface area contributed by atoms with E-state index in [1.165, 1.54) is 82.9 Å². The molecule has 0 spiro atoms. The van der Waals surface area contributed by atoms with Gasteiger partial charge >= 0.3 is 0 Å². The number of rotatable bonds is 16. The minimum atomic E-state index is -1.23. The quantitative estimate of drug-likeness (QED) is 0.0966. The third-order valence-corrected chi connectivity index (χ3v) is 15.4. The lowest BCUT2D eigenvalue weighted by Crippen LogP contribution is -2.63. The van der Waals surface area contributed by atoms with Crippen molar-refractivity contribution in [2.75, 3.05) is 19.0 Å². The van der Waals surface area contributed by atoms with Crippen LogP contribution in [0, 0.1) is 46.3 Å². The molecular weight excluding hydrogens is 635 g/mol. The number of carbonyl (C=O) groups is 1. The summed E-state index contributed by atoms with van der Waals surface area (Å²) in [6, 6.07) is -0.706. The van der Waals surface area contributed by atoms with Crippen molar-refractivity contribution in [2.24, 2.45) is 46.3 Å². The van der Waals surface area contributed by atoms with Crippen LogP contribution in [0.25, 0.3) is 0 Å². The van der Waals surface area contributed by atoms with Crippen molar-refractivity contribution in [1.29, 1.82) is 0 Å². The van der Waals surface area contributed by atoms with Crippen LogP contribution in [0.3, 0.4) is 0 Å². The predicted molar refractivity (Wildman–Crippen MR) is 199 cm³/mol. The SMILES string of the molecule is CC(=O)N[C@@H]1[C@@H](O)[C@H](O)[C@@H](CO)O[C@H]1SCCCCCCO[C@H]1CC[C@@]2(C)C(=CC[C@H]3[C@@H]4CC[C@H]([C@H](C)CCCC(C)C)[C@@]4(C)CC[C@@H]32)C1. The minimum absolute atomic E-state index is 0.281. The molecule has 282 valence electrons. The van der Waals surface area contributed by atoms with Crippen molar-refractivity contribution >= 4 is 17.7 Å². The number of ether oxygens (including phenoxy) is 2. The Morgan fingerprint density at radius 3 is 2.51 bits per heavy atom. The van der Waals surface area contributed by atoms with E-state index in [9.17, 15) is 20.1 Å². The van der Waals surface area contributed by atoms with Gasteiger partial charge in [-0.05, 0) is 116 Å². The van der Waals surface area contributed by atoms with Crippen LogP contribution in [0.1, 0.15) is 138 Å². The third-order valence-electron chi connectivity index (χ3n) is 14.2. The van der Waals surface area contributed by atoms with Gasteiger partial charge in [0.2, 0.25) is 5.91 Å². The van der Waals surface area contributed by atoms with Crippen molar-refractivity contribution < 1.29 is 29.6 Å². The van der Waals surface area contributed by atoms with E-state index in [0.29, 0.717) is 16.9 Å². The molecule has 0 bridgehead atoms. The molecule has 1 aliphatic heterocycles. The zero-order valence-corrected chi connectivity index (χ0v) is 32.5. The van der Waals surface area contributed by atoms with Crippen LogP contribution < -0.4 is 5.32 Å². The fourth-order valence-corrected chi connectivity index (χ4v) is 12.7. The van der Waals surface area contributed by atoms with Crippen LogP contribution in [0.5, 0.6) is 0 Å². The summed E-state index contributed by atoms with van der Waals surface area (Å²) in [6.07, 6.45) is 18.9. The topological polar surface area (TPSA) is 108 Å². The van der Waals surface area contributed by atoms with Gasteiger partial charge < -0.3 is 30.1 Å². The number of unbranched alkanes of at least 4 members (excludes halogenated alkanes) is 3. The molecule has 1 amide bonds. The number of aliphatic hydroxyl groups excluding tert-OH is 3. The monoisotopic (exact) mass is 706 g/mol. The molecule has 4 N–H and O–H groups in total. The summed E-state index contributed by atoms with van der Waals surface area (Å²) in [4.78, 5) is 11.7. The molecule has 1 saturated heterocycles. The summed E-state index contributed by atoms with van der Waals surface area (Å²) in [5.41, 5.74) is 2.12. The Hall–Kier alpha value is -0.640. The molecule has 1 heterocycles. The molecule has 0 aromatic rings. The van der Waals surface area contributed by atoms with E-state index in [4.69, 9.17) is 9.47 Å². The lowest BCUT2D eigenvalue weighted by molar-refractivity contribution is -0.173. The average molecular weight is 706 g/mol. The molecule has 5 rings (SSSR count). The highest BCUT2D eigenvalue weighted by Gasteiger charge is 2.59. The number of carbonyl (C=O) groups excluding carboxylic acids is 1. The summed E-state index contributed by atoms with van der Waals surface area (Å²) < 4.78 is 12.3. The highest BCUT2D eigenvalue weighted by Crippen LogP contribution is 2.67. The van der Waals surface area contributed by atoms with Crippen LogP contribution in [0.15, 0.2) is 11.6 Å². The van der Waals surface area contributed by atoms with E-state index < -0.39 is 29.8 Å². The Morgan fingerprint density at radius 2 is 1.78 bits per heavy atom. The molecule has 4 aliphatic carbocycles. The van der Waals surface area contributed by atoms with Crippen molar-refractivity contribution in [3.63, 3.8) is 0 Å². The maximum atomic E-state index is 11.7. The summed E-state index contributed by atoms with van der Waals surface area (Å²) in [7, 11) is 0.